The van der Waals surface area contributed by atoms with Gasteiger partial charge in [-0.25, -0.2) is 0 Å². The monoisotopic (exact) mass is 198 g/mol. The molecule has 52 valence electrons. The van der Waals surface area contributed by atoms with Gasteiger partial charge in [0.2, 0.25) is 0 Å². The van der Waals surface area contributed by atoms with Crippen LogP contribution in [0.3, 0.4) is 0 Å². The van der Waals surface area contributed by atoms with Crippen molar-refractivity contribution in [2.45, 2.75) is 44.0 Å². The quantitative estimate of drug-likeness (QED) is 0.430. The molecule has 0 saturated carbocycles. The summed E-state index contributed by atoms with van der Waals surface area (Å²) in [5.74, 6) is 0. The second-order valence-electron chi connectivity index (χ2n) is 2.27. The van der Waals surface area contributed by atoms with Crippen LogP contribution in [0.25, 0.3) is 0 Å². The number of hydrogen-bond acceptors (Lipinski definition) is 0. The molecule has 0 nitrogen and oxygen atoms in total. The Hall–Kier alpha value is 0.913. The summed E-state index contributed by atoms with van der Waals surface area (Å²) < 4.78 is 0. The van der Waals surface area contributed by atoms with Crippen LogP contribution in [0, 0.1) is 0 Å². The van der Waals surface area contributed by atoms with Crippen molar-refractivity contribution < 1.29 is 30.7 Å². The Morgan fingerprint density at radius 2 is 1.56 bits per heavy atom. The minimum Gasteiger partial charge on any atom is -1.00 e. The Morgan fingerprint density at radius 3 is 2.00 bits per heavy atom. The molecule has 0 aliphatic carbocycles. The molecule has 0 aromatic heterocycles. The molecule has 0 bridgehead atoms. The van der Waals surface area contributed by atoms with E-state index in [-0.39, 0.29) is 12.4 Å². The molecule has 0 atom stereocenters. The average molecular weight is 200 g/mol. The van der Waals surface area contributed by atoms with Crippen molar-refractivity contribution in [3.63, 3.8) is 0 Å². The van der Waals surface area contributed by atoms with Gasteiger partial charge < -0.3 is 12.4 Å². The molecule has 0 saturated heterocycles. The zero-order valence-electron chi connectivity index (χ0n) is 6.33. The van der Waals surface area contributed by atoms with E-state index in [1.54, 1.807) is 0 Å². The van der Waals surface area contributed by atoms with Crippen LogP contribution in [-0.2, 0) is 18.3 Å². The van der Waals surface area contributed by atoms with Gasteiger partial charge in [0.15, 0.2) is 0 Å². The molecule has 0 spiro atoms. The number of halogens is 1. The molecule has 0 aromatic rings. The molecule has 0 N–H and O–H groups in total. The van der Waals surface area contributed by atoms with Crippen molar-refractivity contribution in [3.8, 4) is 0 Å². The average Bonchev–Trinajstić information content (AvgIpc) is 1.81. The van der Waals surface area contributed by atoms with Crippen LogP contribution in [0.4, 0.5) is 0 Å². The predicted molar refractivity (Wildman–Crippen MR) is 33.6 cm³/mol. The molecule has 2 heteroatoms. The van der Waals surface area contributed by atoms with E-state index >= 15 is 0 Å². The Morgan fingerprint density at radius 1 is 1.00 bits per heavy atom. The van der Waals surface area contributed by atoms with Crippen molar-refractivity contribution in [1.82, 2.24) is 0 Å². The summed E-state index contributed by atoms with van der Waals surface area (Å²) in [4.78, 5) is 0. The summed E-state index contributed by atoms with van der Waals surface area (Å²) in [6.07, 6.45) is 7.25. The van der Waals surface area contributed by atoms with E-state index in [0.29, 0.717) is 0 Å². The van der Waals surface area contributed by atoms with Gasteiger partial charge in [-0.15, -0.1) is 0 Å². The summed E-state index contributed by atoms with van der Waals surface area (Å²) in [6, 6.07) is 0. The second kappa shape index (κ2) is 11.7. The Balaban J connectivity index is 0. The first-order valence-corrected chi connectivity index (χ1v) is 5.81. The van der Waals surface area contributed by atoms with Gasteiger partial charge in [0.1, 0.15) is 0 Å². The van der Waals surface area contributed by atoms with Gasteiger partial charge in [-0.1, -0.05) is 0 Å². The fourth-order valence-electron chi connectivity index (χ4n) is 0.780. The van der Waals surface area contributed by atoms with Crippen molar-refractivity contribution in [1.29, 1.82) is 0 Å². The molecule has 9 heavy (non-hydrogen) atoms. The second-order valence-corrected chi connectivity index (χ2v) is 3.75. The van der Waals surface area contributed by atoms with Crippen LogP contribution in [-0.4, -0.2) is 0 Å². The van der Waals surface area contributed by atoms with Gasteiger partial charge in [-0.2, -0.15) is 0 Å². The molecule has 0 aliphatic rings. The molecular formula is C7H15ClZn. The SMILES string of the molecule is CCCCCC[CH2][Zn+].[Cl-]. The topological polar surface area (TPSA) is 0 Å². The predicted octanol–water partition coefficient (Wildman–Crippen LogP) is -0.0741. The summed E-state index contributed by atoms with van der Waals surface area (Å²) >= 11 is 1.49. The fourth-order valence-corrected chi connectivity index (χ4v) is 1.52. The third-order valence-corrected chi connectivity index (χ3v) is 2.40. The van der Waals surface area contributed by atoms with E-state index in [4.69, 9.17) is 0 Å². The zero-order chi connectivity index (χ0) is 6.24. The Bertz CT molecular complexity index is 33.9. The zero-order valence-corrected chi connectivity index (χ0v) is 10.1. The van der Waals surface area contributed by atoms with Crippen molar-refractivity contribution in [2.75, 3.05) is 0 Å². The van der Waals surface area contributed by atoms with E-state index < -0.39 is 0 Å². The van der Waals surface area contributed by atoms with E-state index in [0.717, 1.165) is 0 Å². The maximum Gasteiger partial charge on any atom is -1.00 e. The van der Waals surface area contributed by atoms with Gasteiger partial charge in [-0.05, 0) is 0 Å². The summed E-state index contributed by atoms with van der Waals surface area (Å²) in [6.45, 7) is 2.26. The van der Waals surface area contributed by atoms with E-state index in [2.05, 4.69) is 6.92 Å². The minimum atomic E-state index is 0. The van der Waals surface area contributed by atoms with Gasteiger partial charge in [0.25, 0.3) is 0 Å². The number of hydrogen-bond donors (Lipinski definition) is 0. The van der Waals surface area contributed by atoms with Crippen LogP contribution in [0.1, 0.15) is 39.0 Å². The minimum absolute atomic E-state index is 0. The molecule has 0 aromatic carbocycles. The summed E-state index contributed by atoms with van der Waals surface area (Å²) in [5.41, 5.74) is 0. The van der Waals surface area contributed by atoms with Crippen LogP contribution >= 0.6 is 0 Å². The number of rotatable bonds is 5. The van der Waals surface area contributed by atoms with E-state index in [9.17, 15) is 0 Å². The maximum atomic E-state index is 2.26. The third kappa shape index (κ3) is 12.2. The molecule has 0 fully saturated rings. The fraction of sp³-hybridized carbons (Fsp3) is 1.00. The largest absolute Gasteiger partial charge is 1.00 e. The standard InChI is InChI=1S/C7H15.ClH.Zn/c1-3-5-7-6-4-2;;/h1,3-7H2,2H3;1H;/q;;+1/p-1. The summed E-state index contributed by atoms with van der Waals surface area (Å²) in [5, 5.41) is 1.49. The third-order valence-electron chi connectivity index (χ3n) is 1.35. The van der Waals surface area contributed by atoms with Gasteiger partial charge in [0.05, 0.1) is 0 Å². The molecule has 0 rings (SSSR count). The molecular weight excluding hydrogens is 185 g/mol. The van der Waals surface area contributed by atoms with Crippen molar-refractivity contribution >= 4 is 0 Å². The smallest absolute Gasteiger partial charge is 1.00 e. The first kappa shape index (κ1) is 12.6. The van der Waals surface area contributed by atoms with Crippen LogP contribution in [0.2, 0.25) is 5.02 Å². The Labute approximate surface area is 74.9 Å². The van der Waals surface area contributed by atoms with Crippen molar-refractivity contribution in [2.24, 2.45) is 0 Å². The van der Waals surface area contributed by atoms with Gasteiger partial charge in [0, 0.05) is 0 Å². The Kier molecular flexibility index (Phi) is 16.3. The summed E-state index contributed by atoms with van der Waals surface area (Å²) in [7, 11) is 0. The van der Waals surface area contributed by atoms with Crippen LogP contribution < -0.4 is 12.4 Å². The van der Waals surface area contributed by atoms with Crippen molar-refractivity contribution in [3.05, 3.63) is 0 Å². The number of unbranched alkanes of at least 4 members (excludes halogenated alkanes) is 4. The van der Waals surface area contributed by atoms with Crippen LogP contribution in [0.15, 0.2) is 0 Å². The van der Waals surface area contributed by atoms with Gasteiger partial charge in [-0.3, -0.25) is 0 Å². The van der Waals surface area contributed by atoms with E-state index in [1.165, 1.54) is 55.4 Å². The first-order chi connectivity index (χ1) is 3.91. The molecule has 0 amide bonds. The van der Waals surface area contributed by atoms with Gasteiger partial charge >= 0.3 is 62.3 Å². The van der Waals surface area contributed by atoms with Crippen LogP contribution in [0.5, 0.6) is 0 Å². The maximum absolute atomic E-state index is 2.26. The normalized spacial score (nSPS) is 8.78. The molecule has 0 aliphatic heterocycles. The van der Waals surface area contributed by atoms with E-state index in [1.807, 2.05) is 0 Å². The molecule has 0 radical (unpaired) electrons. The molecule has 0 unspecified atom stereocenters. The first-order valence-electron chi connectivity index (χ1n) is 3.71. The molecule has 0 heterocycles.